The van der Waals surface area contributed by atoms with Gasteiger partial charge in [-0.05, 0) is 35.2 Å². The van der Waals surface area contributed by atoms with E-state index < -0.39 is 0 Å². The zero-order chi connectivity index (χ0) is 19.8. The lowest BCUT2D eigenvalue weighted by Gasteiger charge is -2.20. The Morgan fingerprint density at radius 1 is 0.821 bits per heavy atom. The summed E-state index contributed by atoms with van der Waals surface area (Å²) in [5.41, 5.74) is 3.12. The number of hydrogen-bond acceptors (Lipinski definition) is 3. The highest BCUT2D eigenvalue weighted by Crippen LogP contribution is 2.24. The predicted octanol–water partition coefficient (Wildman–Crippen LogP) is 4.54. The molecule has 0 atom stereocenters. The molecular weight excluding hydrogens is 350 g/mol. The number of nitrogens with one attached hydrogen (secondary N) is 1. The quantitative estimate of drug-likeness (QED) is 0.629. The number of amides is 1. The maximum Gasteiger partial charge on any atom is 0.221 e. The van der Waals surface area contributed by atoms with Crippen LogP contribution in [0.5, 0.6) is 11.5 Å². The second kappa shape index (κ2) is 9.60. The van der Waals surface area contributed by atoms with Gasteiger partial charge in [0.15, 0.2) is 0 Å². The average Bonchev–Trinajstić information content (AvgIpc) is 2.77. The Kier molecular flexibility index (Phi) is 6.68. The van der Waals surface area contributed by atoms with E-state index in [1.54, 1.807) is 14.2 Å². The summed E-state index contributed by atoms with van der Waals surface area (Å²) in [6.07, 6.45) is 0.988. The van der Waals surface area contributed by atoms with Crippen molar-refractivity contribution in [2.45, 2.75) is 18.9 Å². The smallest absolute Gasteiger partial charge is 0.221 e. The first-order valence-electron chi connectivity index (χ1n) is 9.31. The fraction of sp³-hybridized carbons (Fsp3) is 0.208. The molecular formula is C24H25NO3. The van der Waals surface area contributed by atoms with Crippen LogP contribution < -0.4 is 14.8 Å². The van der Waals surface area contributed by atoms with Crippen molar-refractivity contribution < 1.29 is 14.3 Å². The topological polar surface area (TPSA) is 47.6 Å². The van der Waals surface area contributed by atoms with E-state index in [4.69, 9.17) is 9.47 Å². The third kappa shape index (κ3) is 5.13. The minimum absolute atomic E-state index is 0.000470. The summed E-state index contributed by atoms with van der Waals surface area (Å²) in [4.78, 5) is 12.7. The number of rotatable bonds is 8. The summed E-state index contributed by atoms with van der Waals surface area (Å²) < 4.78 is 10.6. The third-order valence-electron chi connectivity index (χ3n) is 4.62. The van der Waals surface area contributed by atoms with Crippen molar-refractivity contribution in [2.75, 3.05) is 14.2 Å². The first-order valence-corrected chi connectivity index (χ1v) is 9.31. The molecule has 0 aromatic heterocycles. The summed E-state index contributed by atoms with van der Waals surface area (Å²) in [7, 11) is 3.24. The van der Waals surface area contributed by atoms with E-state index in [0.717, 1.165) is 28.2 Å². The predicted molar refractivity (Wildman–Crippen MR) is 111 cm³/mol. The van der Waals surface area contributed by atoms with Gasteiger partial charge in [0.2, 0.25) is 5.91 Å². The molecule has 1 amide bonds. The molecule has 28 heavy (non-hydrogen) atoms. The zero-order valence-electron chi connectivity index (χ0n) is 16.2. The number of benzene rings is 3. The zero-order valence-corrected chi connectivity index (χ0v) is 16.2. The van der Waals surface area contributed by atoms with Crippen molar-refractivity contribution in [1.82, 2.24) is 5.32 Å². The molecule has 0 aliphatic rings. The number of aryl methyl sites for hydroxylation is 1. The third-order valence-corrected chi connectivity index (χ3v) is 4.62. The van der Waals surface area contributed by atoms with Crippen molar-refractivity contribution >= 4 is 5.91 Å². The highest BCUT2D eigenvalue weighted by Gasteiger charge is 2.16. The first-order chi connectivity index (χ1) is 13.7. The molecule has 0 aliphatic carbocycles. The van der Waals surface area contributed by atoms with Crippen LogP contribution in [0.3, 0.4) is 0 Å². The number of carbonyl (C=O) groups is 1. The molecule has 4 nitrogen and oxygen atoms in total. The Morgan fingerprint density at radius 3 is 1.79 bits per heavy atom. The molecule has 0 fully saturated rings. The van der Waals surface area contributed by atoms with E-state index in [1.807, 2.05) is 78.9 Å². The lowest BCUT2D eigenvalue weighted by molar-refractivity contribution is -0.121. The molecule has 0 bridgehead atoms. The molecule has 0 unspecified atom stereocenters. The fourth-order valence-corrected chi connectivity index (χ4v) is 3.15. The van der Waals surface area contributed by atoms with Crippen LogP contribution >= 0.6 is 0 Å². The van der Waals surface area contributed by atoms with E-state index in [1.165, 1.54) is 0 Å². The standard InChI is InChI=1S/C24H25NO3/c1-27-21-15-18(16-22(17-21)28-2)13-14-23(26)25-24(19-9-5-3-6-10-19)20-11-7-4-8-12-20/h3-12,15-17,24H,13-14H2,1-2H3,(H,25,26). The highest BCUT2D eigenvalue weighted by molar-refractivity contribution is 5.77. The van der Waals surface area contributed by atoms with Gasteiger partial charge in [-0.2, -0.15) is 0 Å². The van der Waals surface area contributed by atoms with Gasteiger partial charge in [-0.1, -0.05) is 60.7 Å². The maximum absolute atomic E-state index is 12.7. The second-order valence-electron chi connectivity index (χ2n) is 6.54. The minimum Gasteiger partial charge on any atom is -0.497 e. The van der Waals surface area contributed by atoms with Crippen LogP contribution in [0.1, 0.15) is 29.2 Å². The normalized spacial score (nSPS) is 10.5. The van der Waals surface area contributed by atoms with Crippen LogP contribution in [0, 0.1) is 0 Å². The Labute approximate surface area is 166 Å². The van der Waals surface area contributed by atoms with E-state index in [0.29, 0.717) is 12.8 Å². The van der Waals surface area contributed by atoms with Gasteiger partial charge in [-0.15, -0.1) is 0 Å². The summed E-state index contributed by atoms with van der Waals surface area (Å²) in [5, 5.41) is 3.18. The van der Waals surface area contributed by atoms with Crippen LogP contribution in [-0.4, -0.2) is 20.1 Å². The molecule has 0 heterocycles. The van der Waals surface area contributed by atoms with Gasteiger partial charge < -0.3 is 14.8 Å². The van der Waals surface area contributed by atoms with E-state index >= 15 is 0 Å². The van der Waals surface area contributed by atoms with E-state index in [9.17, 15) is 4.79 Å². The van der Waals surface area contributed by atoms with Gasteiger partial charge in [0, 0.05) is 12.5 Å². The lowest BCUT2D eigenvalue weighted by Crippen LogP contribution is -2.29. The number of hydrogen-bond donors (Lipinski definition) is 1. The molecule has 144 valence electrons. The largest absolute Gasteiger partial charge is 0.497 e. The van der Waals surface area contributed by atoms with Crippen LogP contribution in [0.4, 0.5) is 0 Å². The Hall–Kier alpha value is -3.27. The van der Waals surface area contributed by atoms with Gasteiger partial charge >= 0.3 is 0 Å². The van der Waals surface area contributed by atoms with Crippen molar-refractivity contribution in [3.8, 4) is 11.5 Å². The van der Waals surface area contributed by atoms with Gasteiger partial charge in [-0.3, -0.25) is 4.79 Å². The fourth-order valence-electron chi connectivity index (χ4n) is 3.15. The lowest BCUT2D eigenvalue weighted by atomic mass is 9.98. The molecule has 4 heteroatoms. The van der Waals surface area contributed by atoms with Gasteiger partial charge in [0.05, 0.1) is 20.3 Å². The molecule has 3 aromatic carbocycles. The molecule has 0 radical (unpaired) electrons. The molecule has 0 saturated heterocycles. The Morgan fingerprint density at radius 2 is 1.32 bits per heavy atom. The van der Waals surface area contributed by atoms with E-state index in [2.05, 4.69) is 5.32 Å². The van der Waals surface area contributed by atoms with Gasteiger partial charge in [-0.25, -0.2) is 0 Å². The molecule has 0 saturated carbocycles. The first kappa shape index (κ1) is 19.5. The number of ether oxygens (including phenoxy) is 2. The highest BCUT2D eigenvalue weighted by atomic mass is 16.5. The number of methoxy groups -OCH3 is 2. The molecule has 0 spiro atoms. The monoisotopic (exact) mass is 375 g/mol. The van der Waals surface area contributed by atoms with Crippen molar-refractivity contribution in [3.05, 3.63) is 95.6 Å². The van der Waals surface area contributed by atoms with Crippen molar-refractivity contribution in [2.24, 2.45) is 0 Å². The number of carbonyl (C=O) groups excluding carboxylic acids is 1. The Balaban J connectivity index is 1.71. The average molecular weight is 375 g/mol. The van der Waals surface area contributed by atoms with Crippen LogP contribution in [0.25, 0.3) is 0 Å². The SMILES string of the molecule is COc1cc(CCC(=O)NC(c2ccccc2)c2ccccc2)cc(OC)c1. The molecule has 1 N–H and O–H groups in total. The molecule has 0 aliphatic heterocycles. The van der Waals surface area contributed by atoms with Crippen molar-refractivity contribution in [3.63, 3.8) is 0 Å². The second-order valence-corrected chi connectivity index (χ2v) is 6.54. The Bertz CT molecular complexity index is 832. The van der Waals surface area contributed by atoms with Crippen LogP contribution in [0.15, 0.2) is 78.9 Å². The summed E-state index contributed by atoms with van der Waals surface area (Å²) >= 11 is 0. The van der Waals surface area contributed by atoms with Gasteiger partial charge in [0.1, 0.15) is 11.5 Å². The van der Waals surface area contributed by atoms with Gasteiger partial charge in [0.25, 0.3) is 0 Å². The minimum atomic E-state index is -0.172. The summed E-state index contributed by atoms with van der Waals surface area (Å²) in [6, 6.07) is 25.5. The summed E-state index contributed by atoms with van der Waals surface area (Å²) in [6.45, 7) is 0. The summed E-state index contributed by atoms with van der Waals surface area (Å²) in [5.74, 6) is 1.45. The molecule has 3 aromatic rings. The maximum atomic E-state index is 12.7. The van der Waals surface area contributed by atoms with E-state index in [-0.39, 0.29) is 11.9 Å². The molecule has 3 rings (SSSR count). The van der Waals surface area contributed by atoms with Crippen LogP contribution in [0.2, 0.25) is 0 Å². The van der Waals surface area contributed by atoms with Crippen LogP contribution in [-0.2, 0) is 11.2 Å². The van der Waals surface area contributed by atoms with Crippen molar-refractivity contribution in [1.29, 1.82) is 0 Å².